The molecular formula is C26H41N3O2S. The molecule has 5 nitrogen and oxygen atoms in total. The second-order valence-electron chi connectivity index (χ2n) is 8.87. The van der Waals surface area contributed by atoms with Crippen LogP contribution in [0, 0.1) is 0 Å². The van der Waals surface area contributed by atoms with E-state index in [-0.39, 0.29) is 16.9 Å². The Hall–Kier alpha value is -1.95. The van der Waals surface area contributed by atoms with Crippen LogP contribution in [0.15, 0.2) is 24.3 Å². The summed E-state index contributed by atoms with van der Waals surface area (Å²) in [5, 5.41) is 6.07. The number of nitrogens with one attached hydrogen (secondary N) is 2. The van der Waals surface area contributed by atoms with Gasteiger partial charge < -0.3 is 15.5 Å². The summed E-state index contributed by atoms with van der Waals surface area (Å²) in [7, 11) is 0. The van der Waals surface area contributed by atoms with Crippen molar-refractivity contribution in [1.82, 2.24) is 10.2 Å². The van der Waals surface area contributed by atoms with Crippen LogP contribution in [-0.2, 0) is 4.79 Å². The molecule has 1 aromatic carbocycles. The monoisotopic (exact) mass is 459 g/mol. The molecule has 0 aromatic heterocycles. The lowest BCUT2D eigenvalue weighted by Crippen LogP contribution is -2.34. The van der Waals surface area contributed by atoms with Crippen molar-refractivity contribution in [1.29, 1.82) is 0 Å². The maximum atomic E-state index is 12.5. The quantitative estimate of drug-likeness (QED) is 0.248. The third-order valence-electron chi connectivity index (χ3n) is 6.02. The smallest absolute Gasteiger partial charge is 0.253 e. The summed E-state index contributed by atoms with van der Waals surface area (Å²) in [6, 6.07) is 7.30. The van der Waals surface area contributed by atoms with Crippen LogP contribution in [0.2, 0.25) is 0 Å². The van der Waals surface area contributed by atoms with Gasteiger partial charge in [-0.25, -0.2) is 0 Å². The fourth-order valence-electron chi connectivity index (χ4n) is 4.13. The van der Waals surface area contributed by atoms with Crippen molar-refractivity contribution in [3.8, 4) is 0 Å². The predicted molar refractivity (Wildman–Crippen MR) is 137 cm³/mol. The van der Waals surface area contributed by atoms with Gasteiger partial charge >= 0.3 is 0 Å². The molecule has 0 aliphatic carbocycles. The van der Waals surface area contributed by atoms with Crippen molar-refractivity contribution < 1.29 is 9.59 Å². The van der Waals surface area contributed by atoms with Gasteiger partial charge in [0.25, 0.3) is 5.91 Å². The van der Waals surface area contributed by atoms with Crippen molar-refractivity contribution >= 4 is 34.8 Å². The fraction of sp³-hybridized carbons (Fsp3) is 0.654. The number of likely N-dealkylation sites (tertiary alicyclic amines) is 1. The number of nitrogens with zero attached hydrogens (tertiary/aromatic N) is 1. The summed E-state index contributed by atoms with van der Waals surface area (Å²) in [5.74, 6) is 0.000295. The largest absolute Gasteiger partial charge is 0.339 e. The highest BCUT2D eigenvalue weighted by molar-refractivity contribution is 7.80. The molecule has 1 heterocycles. The standard InChI is InChI=1S/C26H41N3O2S/c1-2-3-4-5-6-7-8-9-10-11-12-18-24(30)28-26(32)27-23-17-15-16-22(21-23)25(31)29-19-13-14-20-29/h15-17,21H,2-14,18-20H2,1H3,(H2,27,28,30,32). The minimum Gasteiger partial charge on any atom is -0.339 e. The minimum atomic E-state index is -0.0530. The maximum absolute atomic E-state index is 12.5. The fourth-order valence-corrected chi connectivity index (χ4v) is 4.37. The van der Waals surface area contributed by atoms with Crippen LogP contribution < -0.4 is 10.6 Å². The summed E-state index contributed by atoms with van der Waals surface area (Å²) in [6.45, 7) is 3.90. The molecule has 0 unspecified atom stereocenters. The zero-order valence-corrected chi connectivity index (χ0v) is 20.6. The number of rotatable bonds is 14. The molecule has 1 fully saturated rings. The van der Waals surface area contributed by atoms with Gasteiger partial charge in [-0.15, -0.1) is 0 Å². The van der Waals surface area contributed by atoms with Gasteiger partial charge in [-0.2, -0.15) is 0 Å². The van der Waals surface area contributed by atoms with Gasteiger partial charge in [0, 0.05) is 30.8 Å². The van der Waals surface area contributed by atoms with Crippen LogP contribution in [0.1, 0.15) is 107 Å². The molecule has 178 valence electrons. The van der Waals surface area contributed by atoms with Gasteiger partial charge in [-0.3, -0.25) is 9.59 Å². The molecule has 2 amide bonds. The Labute approximate surface area is 199 Å². The van der Waals surface area contributed by atoms with Crippen molar-refractivity contribution in [2.75, 3.05) is 18.4 Å². The van der Waals surface area contributed by atoms with Gasteiger partial charge in [0.15, 0.2) is 5.11 Å². The molecule has 0 saturated carbocycles. The predicted octanol–water partition coefficient (Wildman–Crippen LogP) is 6.44. The molecule has 2 N–H and O–H groups in total. The first-order chi connectivity index (χ1) is 15.6. The highest BCUT2D eigenvalue weighted by atomic mass is 32.1. The van der Waals surface area contributed by atoms with Crippen LogP contribution in [0.25, 0.3) is 0 Å². The molecule has 1 aromatic rings. The van der Waals surface area contributed by atoms with Crippen LogP contribution in [0.5, 0.6) is 0 Å². The van der Waals surface area contributed by atoms with E-state index in [1.54, 1.807) is 6.07 Å². The van der Waals surface area contributed by atoms with Crippen LogP contribution in [0.3, 0.4) is 0 Å². The van der Waals surface area contributed by atoms with Gasteiger partial charge in [-0.05, 0) is 49.7 Å². The highest BCUT2D eigenvalue weighted by Crippen LogP contribution is 2.16. The van der Waals surface area contributed by atoms with E-state index in [0.29, 0.717) is 12.0 Å². The summed E-state index contributed by atoms with van der Waals surface area (Å²) < 4.78 is 0. The number of hydrogen-bond donors (Lipinski definition) is 2. The lowest BCUT2D eigenvalue weighted by Gasteiger charge is -2.16. The van der Waals surface area contributed by atoms with E-state index in [1.165, 1.54) is 57.8 Å². The second kappa shape index (κ2) is 15.8. The van der Waals surface area contributed by atoms with E-state index in [4.69, 9.17) is 12.2 Å². The molecule has 32 heavy (non-hydrogen) atoms. The number of unbranched alkanes of at least 4 members (excludes halogenated alkanes) is 10. The summed E-state index contributed by atoms with van der Waals surface area (Å²) in [6.07, 6.45) is 16.5. The SMILES string of the molecule is CCCCCCCCCCCCCC(=O)NC(=S)Nc1cccc(C(=O)N2CCCC2)c1. The Morgan fingerprint density at radius 1 is 0.906 bits per heavy atom. The lowest BCUT2D eigenvalue weighted by molar-refractivity contribution is -0.119. The number of thiocarbonyl (C=S) groups is 1. The van der Waals surface area contributed by atoms with E-state index in [2.05, 4.69) is 17.6 Å². The Kier molecular flexibility index (Phi) is 13.0. The molecule has 0 radical (unpaired) electrons. The van der Waals surface area contributed by atoms with Gasteiger partial charge in [0.2, 0.25) is 5.91 Å². The normalized spacial score (nSPS) is 13.2. The highest BCUT2D eigenvalue weighted by Gasteiger charge is 2.19. The van der Waals surface area contributed by atoms with E-state index in [1.807, 2.05) is 23.1 Å². The van der Waals surface area contributed by atoms with Crippen LogP contribution in [-0.4, -0.2) is 34.9 Å². The second-order valence-corrected chi connectivity index (χ2v) is 9.28. The molecule has 1 saturated heterocycles. The lowest BCUT2D eigenvalue weighted by atomic mass is 10.1. The number of carbonyl (C=O) groups is 2. The third kappa shape index (κ3) is 10.6. The zero-order valence-electron chi connectivity index (χ0n) is 19.8. The van der Waals surface area contributed by atoms with Crippen LogP contribution >= 0.6 is 12.2 Å². The summed E-state index contributed by atoms with van der Waals surface area (Å²) in [5.41, 5.74) is 1.36. The molecule has 0 atom stereocenters. The molecular weight excluding hydrogens is 418 g/mol. The first kappa shape index (κ1) is 26.3. The van der Waals surface area contributed by atoms with E-state index in [9.17, 15) is 9.59 Å². The Morgan fingerprint density at radius 3 is 2.12 bits per heavy atom. The first-order valence-corrected chi connectivity index (χ1v) is 13.0. The van der Waals surface area contributed by atoms with Crippen molar-refractivity contribution in [3.05, 3.63) is 29.8 Å². The maximum Gasteiger partial charge on any atom is 0.253 e. The Morgan fingerprint density at radius 2 is 1.50 bits per heavy atom. The average Bonchev–Trinajstić information content (AvgIpc) is 3.32. The molecule has 0 spiro atoms. The molecule has 1 aliphatic heterocycles. The number of benzene rings is 1. The molecule has 0 bridgehead atoms. The van der Waals surface area contributed by atoms with Crippen molar-refractivity contribution in [2.24, 2.45) is 0 Å². The van der Waals surface area contributed by atoms with Crippen molar-refractivity contribution in [2.45, 2.75) is 96.8 Å². The summed E-state index contributed by atoms with van der Waals surface area (Å²) >= 11 is 5.28. The van der Waals surface area contributed by atoms with Gasteiger partial charge in [-0.1, -0.05) is 77.2 Å². The molecule has 1 aliphatic rings. The Balaban J connectivity index is 1.56. The topological polar surface area (TPSA) is 61.4 Å². The minimum absolute atomic E-state index is 0.0530. The number of carbonyl (C=O) groups excluding carboxylic acids is 2. The third-order valence-corrected chi connectivity index (χ3v) is 6.23. The molecule has 2 rings (SSSR count). The van der Waals surface area contributed by atoms with Gasteiger partial charge in [0.1, 0.15) is 0 Å². The average molecular weight is 460 g/mol. The van der Waals surface area contributed by atoms with E-state index < -0.39 is 0 Å². The number of hydrogen-bond acceptors (Lipinski definition) is 3. The zero-order chi connectivity index (χ0) is 23.0. The molecule has 6 heteroatoms. The number of anilines is 1. The van der Waals surface area contributed by atoms with Crippen molar-refractivity contribution in [3.63, 3.8) is 0 Å². The van der Waals surface area contributed by atoms with E-state index in [0.717, 1.165) is 44.5 Å². The number of amides is 2. The summed E-state index contributed by atoms with van der Waals surface area (Å²) in [4.78, 5) is 26.6. The first-order valence-electron chi connectivity index (χ1n) is 12.6. The Bertz CT molecular complexity index is 717. The van der Waals surface area contributed by atoms with Crippen LogP contribution in [0.4, 0.5) is 5.69 Å². The van der Waals surface area contributed by atoms with Gasteiger partial charge in [0.05, 0.1) is 0 Å². The van der Waals surface area contributed by atoms with E-state index >= 15 is 0 Å².